The van der Waals surface area contributed by atoms with Crippen molar-refractivity contribution in [3.8, 4) is 11.6 Å². The largest absolute Gasteiger partial charge is 0.497 e. The Morgan fingerprint density at radius 1 is 1.11 bits per heavy atom. The number of carbonyl (C=O) groups excluding carboxylic acids is 2. The van der Waals surface area contributed by atoms with Crippen molar-refractivity contribution in [1.82, 2.24) is 19.5 Å². The summed E-state index contributed by atoms with van der Waals surface area (Å²) >= 11 is 0. The molecule has 0 saturated carbocycles. The minimum atomic E-state index is -3.65. The van der Waals surface area contributed by atoms with Gasteiger partial charge in [-0.15, -0.1) is 0 Å². The van der Waals surface area contributed by atoms with Crippen LogP contribution >= 0.6 is 0 Å². The number of nitrogens with one attached hydrogen (secondary N) is 2. The molecule has 2 aromatic carbocycles. The molecule has 2 aliphatic heterocycles. The van der Waals surface area contributed by atoms with Crippen LogP contribution in [0.2, 0.25) is 0 Å². The van der Waals surface area contributed by atoms with Crippen LogP contribution in [-0.4, -0.2) is 60.1 Å². The zero-order chi connectivity index (χ0) is 24.8. The number of methoxy groups -OCH3 is 1. The van der Waals surface area contributed by atoms with Gasteiger partial charge in [-0.3, -0.25) is 10.1 Å². The number of hydrogen-bond acceptors (Lipinski definition) is 6. The minimum Gasteiger partial charge on any atom is -0.497 e. The first-order chi connectivity index (χ1) is 16.7. The molecule has 0 aliphatic carbocycles. The van der Waals surface area contributed by atoms with Crippen LogP contribution in [0.15, 0.2) is 59.6 Å². The molecule has 0 bridgehead atoms. The second-order valence-corrected chi connectivity index (χ2v) is 10.8. The summed E-state index contributed by atoms with van der Waals surface area (Å²) in [4.78, 5) is 25.5. The van der Waals surface area contributed by atoms with Crippen molar-refractivity contribution in [2.45, 2.75) is 29.8 Å². The molecule has 1 atom stereocenters. The van der Waals surface area contributed by atoms with E-state index < -0.39 is 27.5 Å². The second-order valence-electron chi connectivity index (χ2n) is 8.90. The Bertz CT molecular complexity index is 1400. The molecule has 2 aliphatic rings. The average molecular weight is 499 g/mol. The molecule has 2 fully saturated rings. The van der Waals surface area contributed by atoms with E-state index in [0.29, 0.717) is 24.0 Å². The fourth-order valence-electron chi connectivity index (χ4n) is 5.11. The van der Waals surface area contributed by atoms with Crippen molar-refractivity contribution in [2.24, 2.45) is 5.92 Å². The lowest BCUT2D eigenvalue weighted by Gasteiger charge is -2.40. The summed E-state index contributed by atoms with van der Waals surface area (Å²) in [6.45, 7) is 0.427. The van der Waals surface area contributed by atoms with Crippen LogP contribution in [-0.2, 0) is 21.4 Å². The van der Waals surface area contributed by atoms with E-state index in [4.69, 9.17) is 4.74 Å². The lowest BCUT2D eigenvalue weighted by atomic mass is 9.77. The molecular weight excluding hydrogens is 472 g/mol. The molecular formula is C24H26N4O6S. The number of benzene rings is 2. The third kappa shape index (κ3) is 3.90. The number of fused-ring (bicyclic) bond motifs is 1. The summed E-state index contributed by atoms with van der Waals surface area (Å²) in [7, 11) is -2.10. The summed E-state index contributed by atoms with van der Waals surface area (Å²) in [5, 5.41) is 17.3. The third-order valence-corrected chi connectivity index (χ3v) is 8.90. The fourth-order valence-corrected chi connectivity index (χ4v) is 6.61. The molecule has 3 amide bonds. The molecule has 0 radical (unpaired) electrons. The number of aromatic nitrogens is 1. The van der Waals surface area contributed by atoms with E-state index in [9.17, 15) is 23.1 Å². The Hall–Kier alpha value is -3.57. The number of urea groups is 1. The third-order valence-electron chi connectivity index (χ3n) is 6.99. The number of ether oxygens (including phenoxy) is 1. The summed E-state index contributed by atoms with van der Waals surface area (Å²) in [6.07, 6.45) is 2.45. The van der Waals surface area contributed by atoms with Gasteiger partial charge in [0.05, 0.1) is 18.6 Å². The van der Waals surface area contributed by atoms with Crippen LogP contribution in [0.4, 0.5) is 4.79 Å². The normalized spacial score (nSPS) is 21.7. The quantitative estimate of drug-likeness (QED) is 0.446. The highest BCUT2D eigenvalue weighted by Gasteiger charge is 2.53. The molecule has 10 nitrogen and oxygen atoms in total. The topological polar surface area (TPSA) is 130 Å². The number of carbonyl (C=O) groups is 2. The first-order valence-corrected chi connectivity index (χ1v) is 12.7. The smallest absolute Gasteiger partial charge is 0.322 e. The number of imide groups is 1. The van der Waals surface area contributed by atoms with Gasteiger partial charge in [0.2, 0.25) is 10.0 Å². The van der Waals surface area contributed by atoms with Crippen LogP contribution < -0.4 is 15.4 Å². The molecule has 1 unspecified atom stereocenters. The summed E-state index contributed by atoms with van der Waals surface area (Å²) in [5.74, 6) is -0.222. The lowest BCUT2D eigenvalue weighted by Crippen LogP contribution is -2.58. The van der Waals surface area contributed by atoms with Crippen molar-refractivity contribution in [1.29, 1.82) is 0 Å². The van der Waals surface area contributed by atoms with Crippen LogP contribution in [0.1, 0.15) is 12.8 Å². The van der Waals surface area contributed by atoms with Gasteiger partial charge in [0.1, 0.15) is 11.3 Å². The molecule has 0 spiro atoms. The SMILES string of the molecule is COc1ccc2c(O)n(CC3(C4CCN(S(=O)(=O)c5ccccc5)CC4)NC(=O)NC3=O)cc2c1. The van der Waals surface area contributed by atoms with Crippen molar-refractivity contribution in [2.75, 3.05) is 20.2 Å². The molecule has 3 heterocycles. The molecule has 3 N–H and O–H groups in total. The van der Waals surface area contributed by atoms with Gasteiger partial charge in [0, 0.05) is 30.1 Å². The van der Waals surface area contributed by atoms with Gasteiger partial charge < -0.3 is 19.7 Å². The van der Waals surface area contributed by atoms with E-state index in [0.717, 1.165) is 5.39 Å². The Balaban J connectivity index is 1.42. The highest BCUT2D eigenvalue weighted by Crippen LogP contribution is 2.37. The van der Waals surface area contributed by atoms with Crippen LogP contribution in [0, 0.1) is 5.92 Å². The first-order valence-electron chi connectivity index (χ1n) is 11.3. The van der Waals surface area contributed by atoms with Crippen molar-refractivity contribution >= 4 is 32.7 Å². The zero-order valence-corrected chi connectivity index (χ0v) is 19.9. The number of hydrogen-bond donors (Lipinski definition) is 3. The molecule has 11 heteroatoms. The second kappa shape index (κ2) is 8.58. The van der Waals surface area contributed by atoms with E-state index in [-0.39, 0.29) is 36.3 Å². The molecule has 184 valence electrons. The first kappa shape index (κ1) is 23.2. The molecule has 3 aromatic rings. The average Bonchev–Trinajstić information content (AvgIpc) is 3.34. The van der Waals surface area contributed by atoms with Crippen LogP contribution in [0.3, 0.4) is 0 Å². The van der Waals surface area contributed by atoms with Crippen LogP contribution in [0.5, 0.6) is 11.6 Å². The van der Waals surface area contributed by atoms with Crippen molar-refractivity contribution in [3.63, 3.8) is 0 Å². The maximum absolute atomic E-state index is 13.1. The zero-order valence-electron chi connectivity index (χ0n) is 19.1. The highest BCUT2D eigenvalue weighted by atomic mass is 32.2. The van der Waals surface area contributed by atoms with E-state index in [1.54, 1.807) is 66.4 Å². The number of rotatable bonds is 6. The maximum Gasteiger partial charge on any atom is 0.322 e. The van der Waals surface area contributed by atoms with Gasteiger partial charge in [0.15, 0.2) is 5.88 Å². The predicted molar refractivity (Wildman–Crippen MR) is 127 cm³/mol. The molecule has 1 aromatic heterocycles. The number of piperidine rings is 1. The van der Waals surface area contributed by atoms with Gasteiger partial charge in [-0.05, 0) is 49.1 Å². The standard InChI is InChI=1S/C24H26N4O6S/c1-34-18-7-8-20-16(13-18)14-27(21(20)29)15-24(22(30)25-23(31)26-24)17-9-11-28(12-10-17)35(32,33)19-5-3-2-4-6-19/h2-8,13-14,17,29H,9-12,15H2,1H3,(H2,25,26,30,31). The van der Waals surface area contributed by atoms with Gasteiger partial charge in [-0.1, -0.05) is 18.2 Å². The molecule has 35 heavy (non-hydrogen) atoms. The number of amides is 3. The summed E-state index contributed by atoms with van der Waals surface area (Å²) in [6, 6.07) is 12.9. The highest BCUT2D eigenvalue weighted by molar-refractivity contribution is 7.89. The Morgan fingerprint density at radius 3 is 2.46 bits per heavy atom. The lowest BCUT2D eigenvalue weighted by molar-refractivity contribution is -0.127. The van der Waals surface area contributed by atoms with Crippen LogP contribution in [0.25, 0.3) is 10.8 Å². The monoisotopic (exact) mass is 498 g/mol. The fraction of sp³-hybridized carbons (Fsp3) is 0.333. The Kier molecular flexibility index (Phi) is 5.68. The van der Waals surface area contributed by atoms with E-state index in [1.807, 2.05) is 0 Å². The van der Waals surface area contributed by atoms with Crippen molar-refractivity contribution in [3.05, 3.63) is 54.7 Å². The summed E-state index contributed by atoms with van der Waals surface area (Å²) < 4.78 is 34.3. The summed E-state index contributed by atoms with van der Waals surface area (Å²) in [5.41, 5.74) is -1.32. The van der Waals surface area contributed by atoms with Crippen molar-refractivity contribution < 1.29 is 27.9 Å². The number of aromatic hydroxyl groups is 1. The maximum atomic E-state index is 13.1. The van der Waals surface area contributed by atoms with Gasteiger partial charge >= 0.3 is 6.03 Å². The predicted octanol–water partition coefficient (Wildman–Crippen LogP) is 2.03. The Labute approximate surface area is 202 Å². The van der Waals surface area contributed by atoms with Gasteiger partial charge in [0.25, 0.3) is 5.91 Å². The van der Waals surface area contributed by atoms with Gasteiger partial charge in [-0.25, -0.2) is 13.2 Å². The molecule has 5 rings (SSSR count). The Morgan fingerprint density at radius 2 is 1.83 bits per heavy atom. The van der Waals surface area contributed by atoms with Gasteiger partial charge in [-0.2, -0.15) is 4.31 Å². The van der Waals surface area contributed by atoms with E-state index >= 15 is 0 Å². The number of sulfonamides is 1. The molecule has 2 saturated heterocycles. The van der Waals surface area contributed by atoms with E-state index in [1.165, 1.54) is 4.31 Å². The number of nitrogens with zero attached hydrogens (tertiary/aromatic N) is 2. The minimum absolute atomic E-state index is 0.00348. The van der Waals surface area contributed by atoms with E-state index in [2.05, 4.69) is 10.6 Å².